The van der Waals surface area contributed by atoms with Crippen molar-refractivity contribution in [3.63, 3.8) is 0 Å². The van der Waals surface area contributed by atoms with Crippen LogP contribution in [0.4, 0.5) is 11.6 Å². The number of halogens is 1. The molecule has 8 heteroatoms. The summed E-state index contributed by atoms with van der Waals surface area (Å²) in [6.07, 6.45) is 1.57. The molecule has 3 heterocycles. The van der Waals surface area contributed by atoms with Gasteiger partial charge in [0.25, 0.3) is 0 Å². The predicted octanol–water partition coefficient (Wildman–Crippen LogP) is 5.88. The van der Waals surface area contributed by atoms with E-state index in [-0.39, 0.29) is 6.04 Å². The van der Waals surface area contributed by atoms with E-state index in [9.17, 15) is 0 Å². The Hall–Kier alpha value is -3.29. The van der Waals surface area contributed by atoms with Crippen LogP contribution in [0, 0.1) is 0 Å². The molecule has 0 amide bonds. The Morgan fingerprint density at radius 3 is 2.61 bits per heavy atom. The molecule has 0 unspecified atom stereocenters. The number of fused-ring (bicyclic) bond motifs is 1. The van der Waals surface area contributed by atoms with Gasteiger partial charge in [-0.15, -0.1) is 0 Å². The van der Waals surface area contributed by atoms with E-state index in [0.717, 1.165) is 47.2 Å². The molecule has 0 spiro atoms. The van der Waals surface area contributed by atoms with Crippen molar-refractivity contribution < 1.29 is 9.47 Å². The molecule has 1 saturated heterocycles. The average molecular weight is 464 g/mol. The van der Waals surface area contributed by atoms with Crippen LogP contribution in [0.5, 0.6) is 11.6 Å². The van der Waals surface area contributed by atoms with Gasteiger partial charge in [-0.2, -0.15) is 0 Å². The molecular weight excluding hydrogens is 438 g/mol. The lowest BCUT2D eigenvalue weighted by Crippen LogP contribution is -2.40. The number of hydrogen-bond donors (Lipinski definition) is 2. The first-order valence-electron chi connectivity index (χ1n) is 11.0. The Balaban J connectivity index is 1.29. The number of hydrogen-bond acceptors (Lipinski definition) is 6. The van der Waals surface area contributed by atoms with Crippen molar-refractivity contribution in [2.24, 2.45) is 0 Å². The standard InChI is InChI=1S/C25H26ClN5O2/c1-16(2)31-23-11-19(29-20-14-32-15-20)6-9-22(23)30-25(31)28-12-17-3-7-21(8-4-17)33-24-10-5-18(26)13-27-24/h3-11,13,16,20,29H,12,14-15H2,1-2H3,(H,28,30). The van der Waals surface area contributed by atoms with Gasteiger partial charge in [0.2, 0.25) is 11.8 Å². The quantitative estimate of drug-likeness (QED) is 0.340. The maximum Gasteiger partial charge on any atom is 0.219 e. The van der Waals surface area contributed by atoms with Crippen molar-refractivity contribution in [2.45, 2.75) is 32.5 Å². The first-order valence-corrected chi connectivity index (χ1v) is 11.4. The zero-order valence-corrected chi connectivity index (χ0v) is 19.3. The van der Waals surface area contributed by atoms with E-state index in [1.165, 1.54) is 0 Å². The van der Waals surface area contributed by atoms with E-state index < -0.39 is 0 Å². The smallest absolute Gasteiger partial charge is 0.219 e. The number of nitrogens with zero attached hydrogens (tertiary/aromatic N) is 3. The number of imidazole rings is 1. The first kappa shape index (κ1) is 21.6. The Kier molecular flexibility index (Phi) is 6.07. The summed E-state index contributed by atoms with van der Waals surface area (Å²) in [4.78, 5) is 9.00. The van der Waals surface area contributed by atoms with Crippen molar-refractivity contribution in [2.75, 3.05) is 23.8 Å². The van der Waals surface area contributed by atoms with Gasteiger partial charge in [-0.05, 0) is 55.8 Å². The number of pyridine rings is 1. The van der Waals surface area contributed by atoms with Crippen LogP contribution < -0.4 is 15.4 Å². The van der Waals surface area contributed by atoms with Crippen LogP contribution in [-0.2, 0) is 11.3 Å². The van der Waals surface area contributed by atoms with Crippen LogP contribution >= 0.6 is 11.6 Å². The van der Waals surface area contributed by atoms with Crippen molar-refractivity contribution >= 4 is 34.3 Å². The van der Waals surface area contributed by atoms with Gasteiger partial charge in [0, 0.05) is 30.5 Å². The third-order valence-corrected chi connectivity index (χ3v) is 5.73. The van der Waals surface area contributed by atoms with Gasteiger partial charge in [0.05, 0.1) is 35.3 Å². The fraction of sp³-hybridized carbons (Fsp3) is 0.280. The molecule has 1 aliphatic heterocycles. The molecule has 4 aromatic rings. The first-order chi connectivity index (χ1) is 16.0. The fourth-order valence-electron chi connectivity index (χ4n) is 3.78. The minimum atomic E-state index is 0.266. The van der Waals surface area contributed by atoms with Crippen LogP contribution in [0.25, 0.3) is 11.0 Å². The third kappa shape index (κ3) is 4.89. The van der Waals surface area contributed by atoms with Crippen LogP contribution in [0.3, 0.4) is 0 Å². The van der Waals surface area contributed by atoms with E-state index in [0.29, 0.717) is 23.5 Å². The highest BCUT2D eigenvalue weighted by Gasteiger charge is 2.19. The lowest BCUT2D eigenvalue weighted by atomic mass is 10.2. The third-order valence-electron chi connectivity index (χ3n) is 5.51. The number of nitrogens with one attached hydrogen (secondary N) is 2. The molecule has 33 heavy (non-hydrogen) atoms. The van der Waals surface area contributed by atoms with E-state index in [1.54, 1.807) is 18.3 Å². The molecular formula is C25H26ClN5O2. The zero-order chi connectivity index (χ0) is 22.8. The number of rotatable bonds is 8. The molecule has 0 saturated carbocycles. The summed E-state index contributed by atoms with van der Waals surface area (Å²) in [5.41, 5.74) is 4.30. The normalized spacial score (nSPS) is 13.8. The zero-order valence-electron chi connectivity index (χ0n) is 18.6. The molecule has 1 aliphatic rings. The highest BCUT2D eigenvalue weighted by atomic mass is 35.5. The Labute approximate surface area is 197 Å². The van der Waals surface area contributed by atoms with Crippen LogP contribution in [0.15, 0.2) is 60.8 Å². The number of aromatic nitrogens is 3. The molecule has 1 fully saturated rings. The van der Waals surface area contributed by atoms with Gasteiger partial charge in [0.15, 0.2) is 0 Å². The second-order valence-corrected chi connectivity index (χ2v) is 8.83. The number of benzene rings is 2. The van der Waals surface area contributed by atoms with E-state index in [4.69, 9.17) is 26.1 Å². The highest BCUT2D eigenvalue weighted by molar-refractivity contribution is 6.30. The fourth-order valence-corrected chi connectivity index (χ4v) is 3.90. The summed E-state index contributed by atoms with van der Waals surface area (Å²) >= 11 is 5.87. The van der Waals surface area contributed by atoms with Crippen LogP contribution in [0.2, 0.25) is 5.02 Å². The average Bonchev–Trinajstić information content (AvgIpc) is 3.15. The second kappa shape index (κ2) is 9.29. The topological polar surface area (TPSA) is 73.2 Å². The van der Waals surface area contributed by atoms with Gasteiger partial charge in [0.1, 0.15) is 5.75 Å². The minimum absolute atomic E-state index is 0.266. The largest absolute Gasteiger partial charge is 0.439 e. The maximum atomic E-state index is 5.87. The maximum absolute atomic E-state index is 5.87. The van der Waals surface area contributed by atoms with Gasteiger partial charge < -0.3 is 24.7 Å². The molecule has 0 bridgehead atoms. The molecule has 2 aromatic heterocycles. The molecule has 2 N–H and O–H groups in total. The SMILES string of the molecule is CC(C)n1c(NCc2ccc(Oc3ccc(Cl)cn3)cc2)nc2ccc(NC3COC3)cc21. The Morgan fingerprint density at radius 2 is 1.94 bits per heavy atom. The lowest BCUT2D eigenvalue weighted by Gasteiger charge is -2.27. The Morgan fingerprint density at radius 1 is 1.12 bits per heavy atom. The van der Waals surface area contributed by atoms with Gasteiger partial charge in [-0.25, -0.2) is 9.97 Å². The summed E-state index contributed by atoms with van der Waals surface area (Å²) in [5.74, 6) is 2.09. The molecule has 0 radical (unpaired) electrons. The summed E-state index contributed by atoms with van der Waals surface area (Å²) in [6.45, 7) is 6.51. The monoisotopic (exact) mass is 463 g/mol. The van der Waals surface area contributed by atoms with Crippen molar-refractivity contribution in [1.29, 1.82) is 0 Å². The predicted molar refractivity (Wildman–Crippen MR) is 131 cm³/mol. The minimum Gasteiger partial charge on any atom is -0.439 e. The van der Waals surface area contributed by atoms with Crippen molar-refractivity contribution in [3.8, 4) is 11.6 Å². The summed E-state index contributed by atoms with van der Waals surface area (Å²) in [6, 6.07) is 18.4. The molecule has 5 rings (SSSR count). The van der Waals surface area contributed by atoms with Crippen LogP contribution in [-0.4, -0.2) is 33.8 Å². The Bertz CT molecular complexity index is 1230. The molecule has 2 aromatic carbocycles. The number of anilines is 2. The van der Waals surface area contributed by atoms with Gasteiger partial charge >= 0.3 is 0 Å². The van der Waals surface area contributed by atoms with Crippen LogP contribution in [0.1, 0.15) is 25.5 Å². The molecule has 170 valence electrons. The molecule has 0 atom stereocenters. The number of ether oxygens (including phenoxy) is 2. The van der Waals surface area contributed by atoms with Crippen molar-refractivity contribution in [1.82, 2.24) is 14.5 Å². The summed E-state index contributed by atoms with van der Waals surface area (Å²) < 4.78 is 13.3. The van der Waals surface area contributed by atoms with Gasteiger partial charge in [-0.1, -0.05) is 23.7 Å². The molecule has 7 nitrogen and oxygen atoms in total. The highest BCUT2D eigenvalue weighted by Crippen LogP contribution is 2.28. The van der Waals surface area contributed by atoms with E-state index >= 15 is 0 Å². The van der Waals surface area contributed by atoms with Gasteiger partial charge in [-0.3, -0.25) is 0 Å². The van der Waals surface area contributed by atoms with Crippen molar-refractivity contribution in [3.05, 3.63) is 71.4 Å². The van der Waals surface area contributed by atoms with E-state index in [2.05, 4.69) is 52.2 Å². The summed E-state index contributed by atoms with van der Waals surface area (Å²) in [5, 5.41) is 7.60. The van der Waals surface area contributed by atoms with E-state index in [1.807, 2.05) is 24.3 Å². The summed E-state index contributed by atoms with van der Waals surface area (Å²) in [7, 11) is 0. The molecule has 0 aliphatic carbocycles. The second-order valence-electron chi connectivity index (χ2n) is 8.40. The lowest BCUT2D eigenvalue weighted by molar-refractivity contribution is 0.0211.